The van der Waals surface area contributed by atoms with Gasteiger partial charge in [0, 0.05) is 28.7 Å². The molecule has 0 aliphatic heterocycles. The van der Waals surface area contributed by atoms with Gasteiger partial charge in [-0.2, -0.15) is 0 Å². The minimum absolute atomic E-state index is 0.0791. The van der Waals surface area contributed by atoms with Gasteiger partial charge in [0.05, 0.1) is 6.33 Å². The highest BCUT2D eigenvalue weighted by molar-refractivity contribution is 9.10. The minimum Gasteiger partial charge on any atom is -0.348 e. The van der Waals surface area contributed by atoms with Gasteiger partial charge in [-0.3, -0.25) is 14.2 Å². The molecule has 0 spiro atoms. The molecule has 0 fully saturated rings. The van der Waals surface area contributed by atoms with E-state index in [1.165, 1.54) is 10.9 Å². The minimum atomic E-state index is -0.365. The summed E-state index contributed by atoms with van der Waals surface area (Å²) in [5.74, 6) is -0.201. The molecule has 29 heavy (non-hydrogen) atoms. The van der Waals surface area contributed by atoms with E-state index in [1.807, 2.05) is 43.3 Å². The van der Waals surface area contributed by atoms with Crippen LogP contribution in [0.5, 0.6) is 0 Å². The highest BCUT2D eigenvalue weighted by atomic mass is 79.9. The molecule has 146 valence electrons. The summed E-state index contributed by atoms with van der Waals surface area (Å²) in [4.78, 5) is 29.2. The fourth-order valence-corrected chi connectivity index (χ4v) is 3.33. The highest BCUT2D eigenvalue weighted by Gasteiger charge is 2.16. The number of amides is 1. The van der Waals surface area contributed by atoms with Crippen molar-refractivity contribution in [1.29, 1.82) is 0 Å². The lowest BCUT2D eigenvalue weighted by atomic mass is 10.1. The lowest BCUT2D eigenvalue weighted by Gasteiger charge is -2.07. The molecule has 8 heteroatoms. The number of aromatic nitrogens is 3. The van der Waals surface area contributed by atoms with Crippen LogP contribution < -0.4 is 10.9 Å². The Balaban J connectivity index is 1.51. The standard InChI is InChI=1S/C21H17BrN4O3/c1-13-5-7-14(8-6-13)18-19-20(29-25-18)21(28)26(12-23-19)10-9-17(27)24-16-4-2-3-15(22)11-16/h2-8,11-12H,9-10H2,1H3,(H,24,27). The first-order valence-electron chi connectivity index (χ1n) is 8.98. The number of aryl methyl sites for hydroxylation is 2. The van der Waals surface area contributed by atoms with Crippen molar-refractivity contribution in [2.24, 2.45) is 0 Å². The van der Waals surface area contributed by atoms with E-state index in [1.54, 1.807) is 12.1 Å². The first-order valence-corrected chi connectivity index (χ1v) is 9.78. The van der Waals surface area contributed by atoms with E-state index in [4.69, 9.17) is 4.52 Å². The van der Waals surface area contributed by atoms with Gasteiger partial charge in [0.1, 0.15) is 11.2 Å². The van der Waals surface area contributed by atoms with Crippen LogP contribution in [0.15, 0.2) is 68.6 Å². The van der Waals surface area contributed by atoms with Crippen LogP contribution in [0.2, 0.25) is 0 Å². The molecule has 1 amide bonds. The number of hydrogen-bond donors (Lipinski definition) is 1. The van der Waals surface area contributed by atoms with Crippen LogP contribution in [0.3, 0.4) is 0 Å². The lowest BCUT2D eigenvalue weighted by Crippen LogP contribution is -2.23. The van der Waals surface area contributed by atoms with Gasteiger partial charge in [-0.05, 0) is 25.1 Å². The number of nitrogens with zero attached hydrogens (tertiary/aromatic N) is 3. The smallest absolute Gasteiger partial charge is 0.299 e. The van der Waals surface area contributed by atoms with Crippen LogP contribution in [0.1, 0.15) is 12.0 Å². The summed E-state index contributed by atoms with van der Waals surface area (Å²) in [6.45, 7) is 2.18. The number of nitrogens with one attached hydrogen (secondary N) is 1. The van der Waals surface area contributed by atoms with Crippen molar-refractivity contribution in [3.63, 3.8) is 0 Å². The first kappa shape index (κ1) is 19.1. The van der Waals surface area contributed by atoms with Crippen molar-refractivity contribution >= 4 is 38.6 Å². The summed E-state index contributed by atoms with van der Waals surface area (Å²) in [7, 11) is 0. The fourth-order valence-electron chi connectivity index (χ4n) is 2.93. The molecule has 0 saturated heterocycles. The normalized spacial score (nSPS) is 11.0. The Kier molecular flexibility index (Phi) is 5.26. The Morgan fingerprint density at radius 2 is 2.00 bits per heavy atom. The molecule has 0 saturated carbocycles. The largest absolute Gasteiger partial charge is 0.348 e. The van der Waals surface area contributed by atoms with Gasteiger partial charge in [-0.15, -0.1) is 0 Å². The molecule has 2 aromatic carbocycles. The van der Waals surface area contributed by atoms with E-state index >= 15 is 0 Å². The van der Waals surface area contributed by atoms with Crippen molar-refractivity contribution in [3.8, 4) is 11.3 Å². The molecule has 0 bridgehead atoms. The lowest BCUT2D eigenvalue weighted by molar-refractivity contribution is -0.116. The van der Waals surface area contributed by atoms with E-state index in [0.717, 1.165) is 15.6 Å². The maximum absolute atomic E-state index is 12.7. The number of carbonyl (C=O) groups is 1. The zero-order chi connectivity index (χ0) is 20.4. The predicted molar refractivity (Wildman–Crippen MR) is 114 cm³/mol. The van der Waals surface area contributed by atoms with Crippen molar-refractivity contribution in [2.45, 2.75) is 19.9 Å². The number of halogens is 1. The summed E-state index contributed by atoms with van der Waals surface area (Å²) in [5, 5.41) is 6.82. The Hall–Kier alpha value is -3.26. The van der Waals surface area contributed by atoms with Crippen LogP contribution in [0.4, 0.5) is 5.69 Å². The van der Waals surface area contributed by atoms with E-state index in [-0.39, 0.29) is 30.0 Å². The number of hydrogen-bond acceptors (Lipinski definition) is 5. The Bertz CT molecular complexity index is 1250. The van der Waals surface area contributed by atoms with Gasteiger partial charge in [0.15, 0.2) is 0 Å². The van der Waals surface area contributed by atoms with E-state index in [2.05, 4.69) is 31.4 Å². The molecule has 7 nitrogen and oxygen atoms in total. The van der Waals surface area contributed by atoms with Crippen LogP contribution >= 0.6 is 15.9 Å². The zero-order valence-electron chi connectivity index (χ0n) is 15.6. The second-order valence-corrected chi connectivity index (χ2v) is 7.54. The molecule has 2 heterocycles. The maximum atomic E-state index is 12.7. The highest BCUT2D eigenvalue weighted by Crippen LogP contribution is 2.24. The summed E-state index contributed by atoms with van der Waals surface area (Å²) in [6, 6.07) is 15.0. The van der Waals surface area contributed by atoms with Crippen molar-refractivity contribution in [3.05, 3.63) is 75.2 Å². The summed E-state index contributed by atoms with van der Waals surface area (Å²) >= 11 is 3.36. The quantitative estimate of drug-likeness (QED) is 0.491. The number of benzene rings is 2. The molecule has 0 radical (unpaired) electrons. The van der Waals surface area contributed by atoms with Crippen LogP contribution in [0, 0.1) is 6.92 Å². The maximum Gasteiger partial charge on any atom is 0.299 e. The van der Waals surface area contributed by atoms with E-state index in [0.29, 0.717) is 16.9 Å². The number of carbonyl (C=O) groups excluding carboxylic acids is 1. The molecule has 0 atom stereocenters. The first-order chi connectivity index (χ1) is 14.0. The van der Waals surface area contributed by atoms with Crippen molar-refractivity contribution in [2.75, 3.05) is 5.32 Å². The van der Waals surface area contributed by atoms with Crippen molar-refractivity contribution < 1.29 is 9.32 Å². The molecule has 4 rings (SSSR count). The number of rotatable bonds is 5. The average Bonchev–Trinajstić information content (AvgIpc) is 3.13. The van der Waals surface area contributed by atoms with E-state index in [9.17, 15) is 9.59 Å². The third-order valence-electron chi connectivity index (χ3n) is 4.46. The second-order valence-electron chi connectivity index (χ2n) is 6.63. The SMILES string of the molecule is Cc1ccc(-c2noc3c(=O)n(CCC(=O)Nc4cccc(Br)c4)cnc23)cc1. The Labute approximate surface area is 174 Å². The molecule has 0 aliphatic carbocycles. The van der Waals surface area contributed by atoms with Gasteiger partial charge in [0.2, 0.25) is 5.91 Å². The third-order valence-corrected chi connectivity index (χ3v) is 4.96. The molecular weight excluding hydrogens is 436 g/mol. The molecule has 0 aliphatic rings. The van der Waals surface area contributed by atoms with Crippen LogP contribution in [-0.2, 0) is 11.3 Å². The Morgan fingerprint density at radius 1 is 1.21 bits per heavy atom. The monoisotopic (exact) mass is 452 g/mol. The second kappa shape index (κ2) is 8.00. The number of fused-ring (bicyclic) bond motifs is 1. The van der Waals surface area contributed by atoms with Gasteiger partial charge in [-0.25, -0.2) is 4.98 Å². The predicted octanol–water partition coefficient (Wildman–Crippen LogP) is 4.15. The molecule has 2 aromatic heterocycles. The molecule has 1 N–H and O–H groups in total. The van der Waals surface area contributed by atoms with Gasteiger partial charge in [-0.1, -0.05) is 57.0 Å². The summed E-state index contributed by atoms with van der Waals surface area (Å²) < 4.78 is 7.49. The fraction of sp³-hybridized carbons (Fsp3) is 0.143. The molecule has 4 aromatic rings. The van der Waals surface area contributed by atoms with E-state index < -0.39 is 0 Å². The van der Waals surface area contributed by atoms with Gasteiger partial charge < -0.3 is 9.84 Å². The Morgan fingerprint density at radius 3 is 2.76 bits per heavy atom. The average molecular weight is 453 g/mol. The topological polar surface area (TPSA) is 90.0 Å². The zero-order valence-corrected chi connectivity index (χ0v) is 17.1. The van der Waals surface area contributed by atoms with Gasteiger partial charge in [0.25, 0.3) is 11.1 Å². The third kappa shape index (κ3) is 4.12. The number of anilines is 1. The summed E-state index contributed by atoms with van der Waals surface area (Å²) in [6.07, 6.45) is 1.55. The summed E-state index contributed by atoms with van der Waals surface area (Å²) in [5.41, 5.74) is 3.28. The molecular formula is C21H17BrN4O3. The van der Waals surface area contributed by atoms with Gasteiger partial charge >= 0.3 is 0 Å². The molecule has 0 unspecified atom stereocenters. The van der Waals surface area contributed by atoms with Crippen LogP contribution in [-0.4, -0.2) is 20.6 Å². The van der Waals surface area contributed by atoms with Crippen LogP contribution in [0.25, 0.3) is 22.4 Å². The van der Waals surface area contributed by atoms with Crippen molar-refractivity contribution in [1.82, 2.24) is 14.7 Å².